The van der Waals surface area contributed by atoms with Crippen LogP contribution in [0.3, 0.4) is 0 Å². The molecule has 0 N–H and O–H groups in total. The molecule has 0 saturated carbocycles. The zero-order valence-electron chi connectivity index (χ0n) is 16.2. The molecule has 0 spiro atoms. The molecule has 0 bridgehead atoms. The summed E-state index contributed by atoms with van der Waals surface area (Å²) in [4.78, 5) is 27.0. The summed E-state index contributed by atoms with van der Waals surface area (Å²) in [6.45, 7) is 0. The Kier molecular flexibility index (Phi) is 5.50. The SMILES string of the molecule is COC(=O)c1cccc(N2C(=O)/C(=C/c3ccc(Cl)cc3)C=C2c2ccccc2)c1. The van der Waals surface area contributed by atoms with Crippen molar-refractivity contribution >= 4 is 40.9 Å². The molecule has 0 fully saturated rings. The highest BCUT2D eigenvalue weighted by molar-refractivity contribution is 6.30. The van der Waals surface area contributed by atoms with Gasteiger partial charge in [0.25, 0.3) is 5.91 Å². The summed E-state index contributed by atoms with van der Waals surface area (Å²) in [6, 6.07) is 23.8. The predicted octanol–water partition coefficient (Wildman–Crippen LogP) is 5.60. The Morgan fingerprint density at radius 2 is 1.70 bits per heavy atom. The van der Waals surface area contributed by atoms with Gasteiger partial charge in [0, 0.05) is 10.6 Å². The Hall–Kier alpha value is -3.63. The second kappa shape index (κ2) is 8.39. The summed E-state index contributed by atoms with van der Waals surface area (Å²) >= 11 is 5.97. The molecular formula is C25H18ClNO3. The fourth-order valence-electron chi connectivity index (χ4n) is 3.32. The fraction of sp³-hybridized carbons (Fsp3) is 0.0400. The third-order valence-corrected chi connectivity index (χ3v) is 5.02. The number of methoxy groups -OCH3 is 1. The van der Waals surface area contributed by atoms with E-state index in [0.717, 1.165) is 16.8 Å². The van der Waals surface area contributed by atoms with Gasteiger partial charge in [-0.2, -0.15) is 0 Å². The lowest BCUT2D eigenvalue weighted by Gasteiger charge is -2.21. The molecule has 3 aromatic carbocycles. The average molecular weight is 416 g/mol. The minimum atomic E-state index is -0.453. The van der Waals surface area contributed by atoms with Crippen LogP contribution in [0.5, 0.6) is 0 Å². The maximum absolute atomic E-state index is 13.4. The second-order valence-corrected chi connectivity index (χ2v) is 7.17. The normalized spacial score (nSPS) is 14.7. The van der Waals surface area contributed by atoms with Gasteiger partial charge in [-0.15, -0.1) is 0 Å². The smallest absolute Gasteiger partial charge is 0.337 e. The lowest BCUT2D eigenvalue weighted by atomic mass is 10.1. The van der Waals surface area contributed by atoms with E-state index >= 15 is 0 Å². The standard InChI is InChI=1S/C25H18ClNO3/c1-30-25(29)19-8-5-9-22(15-19)27-23(18-6-3-2-4-7-18)16-20(24(27)28)14-17-10-12-21(26)13-11-17/h2-16H,1H3/b20-14+. The fourth-order valence-corrected chi connectivity index (χ4v) is 3.45. The highest BCUT2D eigenvalue weighted by atomic mass is 35.5. The summed E-state index contributed by atoms with van der Waals surface area (Å²) < 4.78 is 4.82. The Morgan fingerprint density at radius 3 is 2.40 bits per heavy atom. The summed E-state index contributed by atoms with van der Waals surface area (Å²) in [5.74, 6) is -0.628. The number of carbonyl (C=O) groups is 2. The number of benzene rings is 3. The molecule has 0 saturated heterocycles. The van der Waals surface area contributed by atoms with Gasteiger partial charge in [0.15, 0.2) is 0 Å². The van der Waals surface area contributed by atoms with Crippen molar-refractivity contribution in [3.8, 4) is 0 Å². The van der Waals surface area contributed by atoms with E-state index in [1.165, 1.54) is 7.11 Å². The summed E-state index contributed by atoms with van der Waals surface area (Å²) in [7, 11) is 1.33. The van der Waals surface area contributed by atoms with Gasteiger partial charge in [-0.1, -0.05) is 60.1 Å². The molecule has 1 heterocycles. The van der Waals surface area contributed by atoms with Crippen LogP contribution in [-0.4, -0.2) is 19.0 Å². The van der Waals surface area contributed by atoms with Crippen molar-refractivity contribution in [2.75, 3.05) is 12.0 Å². The molecule has 0 radical (unpaired) electrons. The van der Waals surface area contributed by atoms with Crippen LogP contribution in [0.4, 0.5) is 5.69 Å². The molecule has 0 atom stereocenters. The molecule has 0 unspecified atom stereocenters. The molecule has 0 aromatic heterocycles. The van der Waals surface area contributed by atoms with Crippen molar-refractivity contribution in [2.24, 2.45) is 0 Å². The first kappa shape index (κ1) is 19.7. The van der Waals surface area contributed by atoms with Crippen LogP contribution in [0.15, 0.2) is 90.5 Å². The second-order valence-electron chi connectivity index (χ2n) is 6.73. The number of rotatable bonds is 4. The molecule has 30 heavy (non-hydrogen) atoms. The monoisotopic (exact) mass is 415 g/mol. The minimum Gasteiger partial charge on any atom is -0.465 e. The number of nitrogens with zero attached hydrogens (tertiary/aromatic N) is 1. The van der Waals surface area contributed by atoms with Gasteiger partial charge in [0.1, 0.15) is 0 Å². The Morgan fingerprint density at radius 1 is 0.967 bits per heavy atom. The van der Waals surface area contributed by atoms with E-state index in [0.29, 0.717) is 21.8 Å². The van der Waals surface area contributed by atoms with Gasteiger partial charge in [0.2, 0.25) is 0 Å². The molecule has 1 aliphatic rings. The van der Waals surface area contributed by atoms with Crippen LogP contribution in [0.25, 0.3) is 11.8 Å². The van der Waals surface area contributed by atoms with Crippen molar-refractivity contribution < 1.29 is 14.3 Å². The number of ether oxygens (including phenoxy) is 1. The van der Waals surface area contributed by atoms with Crippen LogP contribution in [0.1, 0.15) is 21.5 Å². The first-order chi connectivity index (χ1) is 14.6. The van der Waals surface area contributed by atoms with Gasteiger partial charge in [-0.3, -0.25) is 9.69 Å². The number of esters is 1. The van der Waals surface area contributed by atoms with Gasteiger partial charge >= 0.3 is 5.97 Å². The van der Waals surface area contributed by atoms with Crippen LogP contribution in [0.2, 0.25) is 5.02 Å². The maximum Gasteiger partial charge on any atom is 0.337 e. The predicted molar refractivity (Wildman–Crippen MR) is 119 cm³/mol. The molecule has 1 aliphatic heterocycles. The number of hydrogen-bond donors (Lipinski definition) is 0. The van der Waals surface area contributed by atoms with Gasteiger partial charge in [-0.25, -0.2) is 4.79 Å². The highest BCUT2D eigenvalue weighted by Crippen LogP contribution is 2.35. The molecule has 148 valence electrons. The molecule has 5 heteroatoms. The van der Waals surface area contributed by atoms with Gasteiger partial charge < -0.3 is 4.74 Å². The van der Waals surface area contributed by atoms with E-state index in [1.807, 2.05) is 54.6 Å². The van der Waals surface area contributed by atoms with E-state index in [1.54, 1.807) is 41.3 Å². The van der Waals surface area contributed by atoms with Crippen molar-refractivity contribution in [2.45, 2.75) is 0 Å². The van der Waals surface area contributed by atoms with E-state index in [2.05, 4.69) is 0 Å². The molecule has 3 aromatic rings. The minimum absolute atomic E-state index is 0.175. The van der Waals surface area contributed by atoms with Crippen molar-refractivity contribution in [3.05, 3.63) is 112 Å². The van der Waals surface area contributed by atoms with Crippen molar-refractivity contribution in [1.29, 1.82) is 0 Å². The van der Waals surface area contributed by atoms with Crippen molar-refractivity contribution in [1.82, 2.24) is 0 Å². The zero-order valence-corrected chi connectivity index (χ0v) is 17.0. The number of carbonyl (C=O) groups excluding carboxylic acids is 2. The van der Waals surface area contributed by atoms with Crippen LogP contribution in [-0.2, 0) is 9.53 Å². The van der Waals surface area contributed by atoms with Gasteiger partial charge in [0.05, 0.1) is 24.1 Å². The Bertz CT molecular complexity index is 1160. The molecular weight excluding hydrogens is 398 g/mol. The van der Waals surface area contributed by atoms with E-state index in [-0.39, 0.29) is 5.91 Å². The number of anilines is 1. The quantitative estimate of drug-likeness (QED) is 0.411. The number of halogens is 1. The Balaban J connectivity index is 1.81. The topological polar surface area (TPSA) is 46.6 Å². The average Bonchev–Trinajstić information content (AvgIpc) is 3.11. The lowest BCUT2D eigenvalue weighted by molar-refractivity contribution is -0.113. The van der Waals surface area contributed by atoms with Crippen LogP contribution < -0.4 is 4.90 Å². The molecule has 4 rings (SSSR count). The van der Waals surface area contributed by atoms with E-state index in [9.17, 15) is 9.59 Å². The third-order valence-electron chi connectivity index (χ3n) is 4.77. The van der Waals surface area contributed by atoms with E-state index < -0.39 is 5.97 Å². The molecule has 0 aliphatic carbocycles. The van der Waals surface area contributed by atoms with E-state index in [4.69, 9.17) is 16.3 Å². The first-order valence-electron chi connectivity index (χ1n) is 9.34. The van der Waals surface area contributed by atoms with Crippen molar-refractivity contribution in [3.63, 3.8) is 0 Å². The largest absolute Gasteiger partial charge is 0.465 e. The lowest BCUT2D eigenvalue weighted by Crippen LogP contribution is -2.25. The summed E-state index contributed by atoms with van der Waals surface area (Å²) in [6.07, 6.45) is 3.68. The first-order valence-corrected chi connectivity index (χ1v) is 9.72. The maximum atomic E-state index is 13.4. The Labute approximate surface area is 179 Å². The third kappa shape index (κ3) is 3.91. The highest BCUT2D eigenvalue weighted by Gasteiger charge is 2.30. The van der Waals surface area contributed by atoms with Crippen LogP contribution in [0, 0.1) is 0 Å². The molecule has 1 amide bonds. The molecule has 4 nitrogen and oxygen atoms in total. The van der Waals surface area contributed by atoms with Crippen LogP contribution >= 0.6 is 11.6 Å². The summed E-state index contributed by atoms with van der Waals surface area (Å²) in [5, 5.41) is 0.636. The number of hydrogen-bond acceptors (Lipinski definition) is 3. The number of amides is 1. The summed E-state index contributed by atoms with van der Waals surface area (Å²) in [5.41, 5.74) is 4.02. The van der Waals surface area contributed by atoms with Gasteiger partial charge in [-0.05, 0) is 53.6 Å². The zero-order chi connectivity index (χ0) is 21.1.